The first-order valence-corrected chi connectivity index (χ1v) is 14.3. The SMILES string of the molecule is COc1ccc(CN(C)c2nc(N(C)Cc3ccc(OC)c(OC)c3)nc(N(C)Cc3ccc(OC)c(OC)c3)n2)cc1OC. The largest absolute Gasteiger partial charge is 0.493 e. The molecule has 12 heteroatoms. The Morgan fingerprint density at radius 1 is 0.400 bits per heavy atom. The van der Waals surface area contributed by atoms with Gasteiger partial charge in [0.05, 0.1) is 42.7 Å². The Kier molecular flexibility index (Phi) is 11.0. The van der Waals surface area contributed by atoms with Gasteiger partial charge in [-0.15, -0.1) is 0 Å². The fourth-order valence-electron chi connectivity index (χ4n) is 4.83. The zero-order valence-corrected chi connectivity index (χ0v) is 27.5. The first-order chi connectivity index (χ1) is 21.7. The molecule has 3 aromatic carbocycles. The maximum atomic E-state index is 5.51. The van der Waals surface area contributed by atoms with Crippen molar-refractivity contribution in [1.29, 1.82) is 0 Å². The molecule has 4 rings (SSSR count). The molecule has 0 unspecified atom stereocenters. The van der Waals surface area contributed by atoms with Gasteiger partial charge in [-0.2, -0.15) is 15.0 Å². The summed E-state index contributed by atoms with van der Waals surface area (Å²) in [5, 5.41) is 0. The lowest BCUT2D eigenvalue weighted by Crippen LogP contribution is -2.27. The molecule has 0 saturated carbocycles. The maximum absolute atomic E-state index is 5.51. The fraction of sp³-hybridized carbons (Fsp3) is 0.364. The first-order valence-electron chi connectivity index (χ1n) is 14.3. The van der Waals surface area contributed by atoms with Crippen LogP contribution in [0.5, 0.6) is 34.5 Å². The van der Waals surface area contributed by atoms with E-state index in [2.05, 4.69) is 0 Å². The molecule has 1 heterocycles. The van der Waals surface area contributed by atoms with Crippen LogP contribution in [0.2, 0.25) is 0 Å². The number of ether oxygens (including phenoxy) is 6. The van der Waals surface area contributed by atoms with Crippen LogP contribution in [-0.4, -0.2) is 78.8 Å². The van der Waals surface area contributed by atoms with Crippen LogP contribution in [0.1, 0.15) is 16.7 Å². The van der Waals surface area contributed by atoms with E-state index < -0.39 is 0 Å². The van der Waals surface area contributed by atoms with Gasteiger partial charge in [0.25, 0.3) is 0 Å². The smallest absolute Gasteiger partial charge is 0.232 e. The van der Waals surface area contributed by atoms with Crippen LogP contribution in [0, 0.1) is 0 Å². The van der Waals surface area contributed by atoms with Gasteiger partial charge in [-0.05, 0) is 53.1 Å². The van der Waals surface area contributed by atoms with Crippen molar-refractivity contribution < 1.29 is 28.4 Å². The third kappa shape index (κ3) is 7.88. The lowest BCUT2D eigenvalue weighted by Gasteiger charge is -2.25. The quantitative estimate of drug-likeness (QED) is 0.182. The lowest BCUT2D eigenvalue weighted by molar-refractivity contribution is 0.354. The Hall–Kier alpha value is -5.13. The third-order valence-corrected chi connectivity index (χ3v) is 7.23. The van der Waals surface area contributed by atoms with E-state index in [9.17, 15) is 0 Å². The van der Waals surface area contributed by atoms with Gasteiger partial charge in [0, 0.05) is 40.8 Å². The molecule has 0 spiro atoms. The lowest BCUT2D eigenvalue weighted by atomic mass is 10.2. The summed E-state index contributed by atoms with van der Waals surface area (Å²) in [5.74, 6) is 5.53. The highest BCUT2D eigenvalue weighted by molar-refractivity contribution is 5.50. The number of anilines is 3. The normalized spacial score (nSPS) is 10.6. The van der Waals surface area contributed by atoms with Crippen LogP contribution >= 0.6 is 0 Å². The predicted molar refractivity (Wildman–Crippen MR) is 175 cm³/mol. The Morgan fingerprint density at radius 2 is 0.644 bits per heavy atom. The molecule has 0 aliphatic rings. The highest BCUT2D eigenvalue weighted by atomic mass is 16.5. The van der Waals surface area contributed by atoms with Crippen LogP contribution in [0.4, 0.5) is 17.8 Å². The predicted octanol–water partition coefficient (Wildman–Crippen LogP) is 4.83. The molecule has 0 aliphatic heterocycles. The average Bonchev–Trinajstić information content (AvgIpc) is 3.07. The van der Waals surface area contributed by atoms with Gasteiger partial charge >= 0.3 is 0 Å². The second-order valence-corrected chi connectivity index (χ2v) is 10.4. The van der Waals surface area contributed by atoms with Crippen molar-refractivity contribution in [3.8, 4) is 34.5 Å². The number of rotatable bonds is 15. The third-order valence-electron chi connectivity index (χ3n) is 7.23. The number of hydrogen-bond donors (Lipinski definition) is 0. The zero-order valence-electron chi connectivity index (χ0n) is 27.5. The van der Waals surface area contributed by atoms with Crippen LogP contribution < -0.4 is 43.1 Å². The number of hydrogen-bond acceptors (Lipinski definition) is 12. The van der Waals surface area contributed by atoms with E-state index in [4.69, 9.17) is 43.4 Å². The molecule has 0 bridgehead atoms. The second kappa shape index (κ2) is 15.0. The molecule has 1 aromatic heterocycles. The highest BCUT2D eigenvalue weighted by Gasteiger charge is 2.18. The first kappa shape index (κ1) is 32.8. The minimum atomic E-state index is 0.517. The van der Waals surface area contributed by atoms with Gasteiger partial charge < -0.3 is 43.1 Å². The van der Waals surface area contributed by atoms with E-state index >= 15 is 0 Å². The minimum absolute atomic E-state index is 0.517. The zero-order chi connectivity index (χ0) is 32.5. The number of nitrogens with zero attached hydrogens (tertiary/aromatic N) is 6. The maximum Gasteiger partial charge on any atom is 0.232 e. The van der Waals surface area contributed by atoms with Gasteiger partial charge in [0.2, 0.25) is 17.8 Å². The van der Waals surface area contributed by atoms with E-state index in [-0.39, 0.29) is 0 Å². The summed E-state index contributed by atoms with van der Waals surface area (Å²) in [6, 6.07) is 17.5. The van der Waals surface area contributed by atoms with E-state index in [0.29, 0.717) is 72.0 Å². The summed E-state index contributed by atoms with van der Waals surface area (Å²) < 4.78 is 32.7. The molecular formula is C33H42N6O6. The Balaban J connectivity index is 1.67. The van der Waals surface area contributed by atoms with Crippen LogP contribution in [-0.2, 0) is 19.6 Å². The molecule has 12 nitrogen and oxygen atoms in total. The highest BCUT2D eigenvalue weighted by Crippen LogP contribution is 2.31. The molecular weight excluding hydrogens is 576 g/mol. The molecule has 0 radical (unpaired) electrons. The number of benzene rings is 3. The summed E-state index contributed by atoms with van der Waals surface area (Å²) in [7, 11) is 15.6. The van der Waals surface area contributed by atoms with E-state index in [1.165, 1.54) is 0 Å². The molecule has 0 atom stereocenters. The molecule has 0 saturated heterocycles. The summed E-state index contributed by atoms with van der Waals surface area (Å²) in [6.07, 6.45) is 0. The van der Waals surface area contributed by atoms with Gasteiger partial charge in [-0.3, -0.25) is 0 Å². The molecule has 4 aromatic rings. The van der Waals surface area contributed by atoms with Crippen molar-refractivity contribution >= 4 is 17.8 Å². The Morgan fingerprint density at radius 3 is 0.867 bits per heavy atom. The number of methoxy groups -OCH3 is 6. The number of aromatic nitrogens is 3. The summed E-state index contributed by atoms with van der Waals surface area (Å²) in [5.41, 5.74) is 3.03. The molecule has 45 heavy (non-hydrogen) atoms. The molecule has 0 fully saturated rings. The van der Waals surface area contributed by atoms with Crippen molar-refractivity contribution in [1.82, 2.24) is 15.0 Å². The fourth-order valence-corrected chi connectivity index (χ4v) is 4.83. The average molecular weight is 619 g/mol. The van der Waals surface area contributed by atoms with Crippen LogP contribution in [0.3, 0.4) is 0 Å². The second-order valence-electron chi connectivity index (χ2n) is 10.4. The summed E-state index contributed by atoms with van der Waals surface area (Å²) >= 11 is 0. The van der Waals surface area contributed by atoms with Gasteiger partial charge in [0.15, 0.2) is 34.5 Å². The van der Waals surface area contributed by atoms with E-state index in [0.717, 1.165) is 16.7 Å². The standard InChI is InChI=1S/C33H42N6O6/c1-37(19-22-10-13-25(40-4)28(16-22)43-7)31-34-32(38(2)20-23-11-14-26(41-5)29(17-23)44-8)36-33(35-31)39(3)21-24-12-15-27(42-6)30(18-24)45-9/h10-18H,19-21H2,1-9H3. The topological polar surface area (TPSA) is 104 Å². The van der Waals surface area contributed by atoms with Crippen LogP contribution in [0.25, 0.3) is 0 Å². The Bertz CT molecular complexity index is 1390. The van der Waals surface area contributed by atoms with Crippen molar-refractivity contribution in [2.75, 3.05) is 78.5 Å². The van der Waals surface area contributed by atoms with Crippen molar-refractivity contribution in [3.63, 3.8) is 0 Å². The monoisotopic (exact) mass is 618 g/mol. The van der Waals surface area contributed by atoms with Crippen molar-refractivity contribution in [2.45, 2.75) is 19.6 Å². The van der Waals surface area contributed by atoms with Gasteiger partial charge in [-0.1, -0.05) is 18.2 Å². The van der Waals surface area contributed by atoms with Crippen LogP contribution in [0.15, 0.2) is 54.6 Å². The summed E-state index contributed by atoms with van der Waals surface area (Å²) in [4.78, 5) is 20.5. The molecule has 0 aliphatic carbocycles. The van der Waals surface area contributed by atoms with Crippen molar-refractivity contribution in [2.24, 2.45) is 0 Å². The molecule has 0 amide bonds. The van der Waals surface area contributed by atoms with E-state index in [1.807, 2.05) is 90.4 Å². The van der Waals surface area contributed by atoms with E-state index in [1.54, 1.807) is 42.7 Å². The van der Waals surface area contributed by atoms with Gasteiger partial charge in [0.1, 0.15) is 0 Å². The van der Waals surface area contributed by atoms with Crippen molar-refractivity contribution in [3.05, 3.63) is 71.3 Å². The molecule has 240 valence electrons. The molecule has 0 N–H and O–H groups in total. The van der Waals surface area contributed by atoms with Gasteiger partial charge in [-0.25, -0.2) is 0 Å². The minimum Gasteiger partial charge on any atom is -0.493 e. The Labute approximate surface area is 265 Å². The summed E-state index contributed by atoms with van der Waals surface area (Å²) in [6.45, 7) is 1.59.